The third-order valence-electron chi connectivity index (χ3n) is 5.13. The van der Waals surface area contributed by atoms with Crippen molar-refractivity contribution >= 4 is 27.6 Å². The van der Waals surface area contributed by atoms with Crippen molar-refractivity contribution in [2.24, 2.45) is 7.05 Å². The van der Waals surface area contributed by atoms with Gasteiger partial charge in [-0.15, -0.1) is 0 Å². The molecular formula is C24H26FN3O4S. The van der Waals surface area contributed by atoms with Gasteiger partial charge in [0.1, 0.15) is 5.82 Å². The molecule has 174 valence electrons. The fourth-order valence-electron chi connectivity index (χ4n) is 3.58. The topological polar surface area (TPSA) is 101 Å². The zero-order chi connectivity index (χ0) is 23.8. The minimum atomic E-state index is -3.76. The van der Waals surface area contributed by atoms with E-state index in [1.807, 2.05) is 42.1 Å². The van der Waals surface area contributed by atoms with Gasteiger partial charge in [-0.2, -0.15) is 0 Å². The van der Waals surface area contributed by atoms with Crippen molar-refractivity contribution in [1.82, 2.24) is 14.3 Å². The molecule has 0 aliphatic rings. The lowest BCUT2D eigenvalue weighted by Gasteiger charge is -2.13. The highest BCUT2D eigenvalue weighted by molar-refractivity contribution is 7.89. The first kappa shape index (κ1) is 24.3. The molecule has 0 unspecified atom stereocenters. The Morgan fingerprint density at radius 2 is 1.94 bits per heavy atom. The number of aliphatic carboxylic acids is 1. The Kier molecular flexibility index (Phi) is 8.13. The monoisotopic (exact) mass is 471 g/mol. The van der Waals surface area contributed by atoms with Gasteiger partial charge in [0.25, 0.3) is 0 Å². The van der Waals surface area contributed by atoms with Crippen LogP contribution in [0, 0.1) is 5.82 Å². The van der Waals surface area contributed by atoms with Crippen LogP contribution in [0.4, 0.5) is 4.39 Å². The first-order valence-corrected chi connectivity index (χ1v) is 12.0. The molecule has 0 fully saturated rings. The minimum Gasteiger partial charge on any atom is -0.481 e. The van der Waals surface area contributed by atoms with Gasteiger partial charge in [0.05, 0.1) is 4.90 Å². The summed E-state index contributed by atoms with van der Waals surface area (Å²) in [6.07, 6.45) is 8.81. The van der Waals surface area contributed by atoms with Crippen molar-refractivity contribution in [1.29, 1.82) is 0 Å². The summed E-state index contributed by atoms with van der Waals surface area (Å²) < 4.78 is 42.6. The Morgan fingerprint density at radius 3 is 2.61 bits per heavy atom. The SMILES string of the molecule is Cn1ccc(CCNS(=O)(=O)c2ccc(F)cc2)c1C(=Cc1cccnc1)CCCC(=O)O. The van der Waals surface area contributed by atoms with Gasteiger partial charge in [-0.25, -0.2) is 17.5 Å². The lowest BCUT2D eigenvalue weighted by molar-refractivity contribution is -0.137. The van der Waals surface area contributed by atoms with E-state index in [-0.39, 0.29) is 17.9 Å². The Morgan fingerprint density at radius 1 is 1.18 bits per heavy atom. The van der Waals surface area contributed by atoms with Crippen molar-refractivity contribution < 1.29 is 22.7 Å². The summed E-state index contributed by atoms with van der Waals surface area (Å²) >= 11 is 0. The van der Waals surface area contributed by atoms with Gasteiger partial charge in [-0.3, -0.25) is 9.78 Å². The predicted octanol–water partition coefficient (Wildman–Crippen LogP) is 3.88. The number of carboxylic acid groups (broad SMARTS) is 1. The zero-order valence-corrected chi connectivity index (χ0v) is 19.1. The van der Waals surface area contributed by atoms with E-state index in [1.54, 1.807) is 12.4 Å². The molecule has 0 atom stereocenters. The third kappa shape index (κ3) is 6.84. The Hall–Kier alpha value is -3.30. The van der Waals surface area contributed by atoms with Gasteiger partial charge < -0.3 is 9.67 Å². The molecule has 7 nitrogen and oxygen atoms in total. The zero-order valence-electron chi connectivity index (χ0n) is 18.2. The molecule has 0 radical (unpaired) electrons. The van der Waals surface area contributed by atoms with Crippen LogP contribution in [0.5, 0.6) is 0 Å². The van der Waals surface area contributed by atoms with Crippen LogP contribution in [0.15, 0.2) is 66.0 Å². The van der Waals surface area contributed by atoms with Crippen molar-refractivity contribution in [3.63, 3.8) is 0 Å². The molecule has 9 heteroatoms. The third-order valence-corrected chi connectivity index (χ3v) is 6.61. The number of nitrogens with zero attached hydrogens (tertiary/aromatic N) is 2. The lowest BCUT2D eigenvalue weighted by atomic mass is 9.98. The fourth-order valence-corrected chi connectivity index (χ4v) is 4.62. The summed E-state index contributed by atoms with van der Waals surface area (Å²) in [5.41, 5.74) is 3.70. The highest BCUT2D eigenvalue weighted by atomic mass is 32.2. The van der Waals surface area contributed by atoms with Crippen molar-refractivity contribution in [3.05, 3.63) is 83.7 Å². The summed E-state index contributed by atoms with van der Waals surface area (Å²) in [6.45, 7) is 0.159. The largest absolute Gasteiger partial charge is 0.481 e. The average Bonchev–Trinajstić information content (AvgIpc) is 3.14. The summed E-state index contributed by atoms with van der Waals surface area (Å²) in [7, 11) is -1.86. The van der Waals surface area contributed by atoms with E-state index in [4.69, 9.17) is 5.11 Å². The van der Waals surface area contributed by atoms with E-state index >= 15 is 0 Å². The molecule has 0 spiro atoms. The maximum Gasteiger partial charge on any atom is 0.303 e. The molecule has 0 bridgehead atoms. The number of carbonyl (C=O) groups is 1. The van der Waals surface area contributed by atoms with Gasteiger partial charge in [0.2, 0.25) is 10.0 Å². The van der Waals surface area contributed by atoms with E-state index in [1.165, 1.54) is 12.1 Å². The summed E-state index contributed by atoms with van der Waals surface area (Å²) in [4.78, 5) is 15.2. The number of halogens is 1. The van der Waals surface area contributed by atoms with Gasteiger partial charge in [0.15, 0.2) is 0 Å². The van der Waals surface area contributed by atoms with Crippen molar-refractivity contribution in [2.75, 3.05) is 6.54 Å². The molecule has 3 aromatic rings. The summed E-state index contributed by atoms with van der Waals surface area (Å²) in [6, 6.07) is 10.3. The fraction of sp³-hybridized carbons (Fsp3) is 0.250. The second-order valence-electron chi connectivity index (χ2n) is 7.61. The standard InChI is InChI=1S/C24H26FN3O4S/c1-28-15-12-19(11-14-27-33(31,32)22-9-7-21(25)8-10-22)24(28)20(5-2-6-23(29)30)16-18-4-3-13-26-17-18/h3-4,7-10,12-13,15-17,27H,2,5-6,11,14H2,1H3,(H,29,30). The van der Waals surface area contributed by atoms with E-state index in [0.717, 1.165) is 34.5 Å². The van der Waals surface area contributed by atoms with Crippen LogP contribution in [0.25, 0.3) is 11.6 Å². The van der Waals surface area contributed by atoms with Crippen LogP contribution < -0.4 is 4.72 Å². The smallest absolute Gasteiger partial charge is 0.303 e. The number of benzene rings is 1. The van der Waals surface area contributed by atoms with Crippen LogP contribution in [-0.4, -0.2) is 35.6 Å². The van der Waals surface area contributed by atoms with Crippen LogP contribution in [0.1, 0.15) is 36.1 Å². The van der Waals surface area contributed by atoms with E-state index in [2.05, 4.69) is 9.71 Å². The number of allylic oxidation sites excluding steroid dienone is 1. The maximum atomic E-state index is 13.1. The molecule has 0 saturated carbocycles. The second kappa shape index (κ2) is 11.0. The molecule has 0 aliphatic carbocycles. The molecule has 2 N–H and O–H groups in total. The molecule has 2 heterocycles. The minimum absolute atomic E-state index is 0.00279. The van der Waals surface area contributed by atoms with Gasteiger partial charge in [0, 0.05) is 44.3 Å². The number of sulfonamides is 1. The van der Waals surface area contributed by atoms with Gasteiger partial charge in [-0.1, -0.05) is 6.07 Å². The van der Waals surface area contributed by atoms with Crippen LogP contribution in [0.3, 0.4) is 0 Å². The number of hydrogen-bond acceptors (Lipinski definition) is 4. The van der Waals surface area contributed by atoms with Crippen LogP contribution >= 0.6 is 0 Å². The molecule has 0 amide bonds. The van der Waals surface area contributed by atoms with E-state index < -0.39 is 21.8 Å². The molecule has 3 rings (SSSR count). The highest BCUT2D eigenvalue weighted by Gasteiger charge is 2.16. The average molecular weight is 472 g/mol. The number of hydrogen-bond donors (Lipinski definition) is 2. The molecule has 0 aliphatic heterocycles. The van der Waals surface area contributed by atoms with Crippen molar-refractivity contribution in [3.8, 4) is 0 Å². The van der Waals surface area contributed by atoms with E-state index in [0.29, 0.717) is 19.3 Å². The number of aryl methyl sites for hydroxylation is 1. The lowest BCUT2D eigenvalue weighted by Crippen LogP contribution is -2.26. The number of carboxylic acids is 1. The number of rotatable bonds is 11. The van der Waals surface area contributed by atoms with Gasteiger partial charge >= 0.3 is 5.97 Å². The summed E-state index contributed by atoms with van der Waals surface area (Å²) in [5.74, 6) is -1.35. The Labute approximate surface area is 192 Å². The molecule has 0 saturated heterocycles. The van der Waals surface area contributed by atoms with E-state index in [9.17, 15) is 17.6 Å². The van der Waals surface area contributed by atoms with Crippen molar-refractivity contribution in [2.45, 2.75) is 30.6 Å². The molecule has 1 aromatic carbocycles. The number of pyridine rings is 1. The van der Waals surface area contributed by atoms with Crippen LogP contribution in [-0.2, 0) is 28.3 Å². The first-order valence-electron chi connectivity index (χ1n) is 10.5. The quantitative estimate of drug-likeness (QED) is 0.442. The molecule has 33 heavy (non-hydrogen) atoms. The second-order valence-corrected chi connectivity index (χ2v) is 9.37. The molecular weight excluding hydrogens is 445 g/mol. The van der Waals surface area contributed by atoms with Gasteiger partial charge in [-0.05, 0) is 78.4 Å². The summed E-state index contributed by atoms with van der Waals surface area (Å²) in [5, 5.41) is 9.04. The normalized spacial score (nSPS) is 12.1. The highest BCUT2D eigenvalue weighted by Crippen LogP contribution is 2.28. The predicted molar refractivity (Wildman–Crippen MR) is 124 cm³/mol. The maximum absolute atomic E-state index is 13.1. The number of aromatic nitrogens is 2. The first-order chi connectivity index (χ1) is 15.8. The number of nitrogens with one attached hydrogen (secondary N) is 1. The molecule has 2 aromatic heterocycles. The Bertz CT molecular complexity index is 1220. The van der Waals surface area contributed by atoms with Crippen LogP contribution in [0.2, 0.25) is 0 Å². The Balaban J connectivity index is 1.79.